The summed E-state index contributed by atoms with van der Waals surface area (Å²) >= 11 is 5.87. The summed E-state index contributed by atoms with van der Waals surface area (Å²) in [6.07, 6.45) is 0.296. The maximum atomic E-state index is 12.3. The first-order chi connectivity index (χ1) is 8.47. The van der Waals surface area contributed by atoms with Gasteiger partial charge >= 0.3 is 0 Å². The molecule has 0 aromatic heterocycles. The van der Waals surface area contributed by atoms with Crippen molar-refractivity contribution in [3.8, 4) is 6.07 Å². The predicted molar refractivity (Wildman–Crippen MR) is 72.3 cm³/mol. The van der Waals surface area contributed by atoms with Crippen LogP contribution in [-0.4, -0.2) is 23.4 Å². The Bertz CT molecular complexity index is 480. The highest BCUT2D eigenvalue weighted by molar-refractivity contribution is 6.31. The number of halogens is 1. The molecule has 1 amide bonds. The number of hydrogen-bond donors (Lipinski definition) is 1. The fourth-order valence-electron chi connectivity index (χ4n) is 1.63. The van der Waals surface area contributed by atoms with E-state index < -0.39 is 0 Å². The highest BCUT2D eigenvalue weighted by atomic mass is 35.5. The molecule has 0 atom stereocenters. The zero-order valence-electron chi connectivity index (χ0n) is 10.5. The minimum Gasteiger partial charge on any atom is -0.398 e. The van der Waals surface area contributed by atoms with Gasteiger partial charge in [-0.1, -0.05) is 11.6 Å². The van der Waals surface area contributed by atoms with Crippen molar-refractivity contribution in [2.75, 3.05) is 12.3 Å². The quantitative estimate of drug-likeness (QED) is 0.851. The number of rotatable bonds is 4. The summed E-state index contributed by atoms with van der Waals surface area (Å²) in [6, 6.07) is 6.85. The normalized spacial score (nSPS) is 10.2. The summed E-state index contributed by atoms with van der Waals surface area (Å²) in [4.78, 5) is 14.0. The number of carbonyl (C=O) groups is 1. The monoisotopic (exact) mass is 265 g/mol. The molecular weight excluding hydrogens is 250 g/mol. The smallest absolute Gasteiger partial charge is 0.256 e. The number of anilines is 1. The summed E-state index contributed by atoms with van der Waals surface area (Å²) in [7, 11) is 0. The van der Waals surface area contributed by atoms with Gasteiger partial charge < -0.3 is 10.6 Å². The Morgan fingerprint density at radius 2 is 2.22 bits per heavy atom. The van der Waals surface area contributed by atoms with Crippen LogP contribution >= 0.6 is 11.6 Å². The van der Waals surface area contributed by atoms with E-state index in [1.807, 2.05) is 19.9 Å². The Hall–Kier alpha value is -1.73. The summed E-state index contributed by atoms with van der Waals surface area (Å²) < 4.78 is 0. The molecule has 0 bridgehead atoms. The predicted octanol–water partition coefficient (Wildman–Crippen LogP) is 2.69. The lowest BCUT2D eigenvalue weighted by Crippen LogP contribution is -2.38. The van der Waals surface area contributed by atoms with Crippen molar-refractivity contribution in [3.63, 3.8) is 0 Å². The standard InChI is InChI=1S/C13H16ClN3O/c1-9(2)17(7-3-6-15)13(18)11-8-10(14)4-5-12(11)16/h4-5,8-9H,3,7,16H2,1-2H3. The van der Waals surface area contributed by atoms with E-state index in [1.54, 1.807) is 23.1 Å². The van der Waals surface area contributed by atoms with Crippen LogP contribution < -0.4 is 5.73 Å². The Morgan fingerprint density at radius 3 is 2.78 bits per heavy atom. The molecule has 5 heteroatoms. The van der Waals surface area contributed by atoms with E-state index in [1.165, 1.54) is 0 Å². The molecule has 0 unspecified atom stereocenters. The van der Waals surface area contributed by atoms with Crippen molar-refractivity contribution in [3.05, 3.63) is 28.8 Å². The summed E-state index contributed by atoms with van der Waals surface area (Å²) in [5, 5.41) is 9.08. The number of carbonyl (C=O) groups excluding carboxylic acids is 1. The summed E-state index contributed by atoms with van der Waals surface area (Å²) in [5.74, 6) is -0.194. The first-order valence-electron chi connectivity index (χ1n) is 5.70. The van der Waals surface area contributed by atoms with Crippen LogP contribution in [0.25, 0.3) is 0 Å². The molecule has 2 N–H and O–H groups in total. The topological polar surface area (TPSA) is 70.1 Å². The van der Waals surface area contributed by atoms with Gasteiger partial charge in [0, 0.05) is 23.3 Å². The Kier molecular flexibility index (Phi) is 4.99. The van der Waals surface area contributed by atoms with Crippen LogP contribution in [0.1, 0.15) is 30.6 Å². The minimum atomic E-state index is -0.194. The Morgan fingerprint density at radius 1 is 1.56 bits per heavy atom. The van der Waals surface area contributed by atoms with Crippen molar-refractivity contribution in [1.29, 1.82) is 5.26 Å². The molecule has 0 spiro atoms. The third kappa shape index (κ3) is 3.38. The van der Waals surface area contributed by atoms with Crippen LogP contribution in [0.5, 0.6) is 0 Å². The van der Waals surface area contributed by atoms with Crippen molar-refractivity contribution in [2.24, 2.45) is 0 Å². The van der Waals surface area contributed by atoms with Crippen molar-refractivity contribution in [2.45, 2.75) is 26.3 Å². The highest BCUT2D eigenvalue weighted by Gasteiger charge is 2.20. The van der Waals surface area contributed by atoms with Gasteiger partial charge in [0.05, 0.1) is 18.1 Å². The zero-order valence-corrected chi connectivity index (χ0v) is 11.2. The summed E-state index contributed by atoms with van der Waals surface area (Å²) in [5.41, 5.74) is 6.56. The van der Waals surface area contributed by atoms with E-state index in [0.29, 0.717) is 29.2 Å². The lowest BCUT2D eigenvalue weighted by molar-refractivity contribution is 0.0711. The third-order valence-electron chi connectivity index (χ3n) is 2.59. The van der Waals surface area contributed by atoms with Crippen LogP contribution in [0.4, 0.5) is 5.69 Å². The zero-order chi connectivity index (χ0) is 13.7. The molecule has 0 aliphatic carbocycles. The molecular formula is C13H16ClN3O. The maximum Gasteiger partial charge on any atom is 0.256 e. The van der Waals surface area contributed by atoms with Gasteiger partial charge in [-0.05, 0) is 32.0 Å². The van der Waals surface area contributed by atoms with Crippen LogP contribution in [0.15, 0.2) is 18.2 Å². The number of amides is 1. The molecule has 1 aromatic carbocycles. The minimum absolute atomic E-state index is 0.00392. The van der Waals surface area contributed by atoms with Gasteiger partial charge in [0.15, 0.2) is 0 Å². The number of nitrogen functional groups attached to an aromatic ring is 1. The molecule has 0 fully saturated rings. The SMILES string of the molecule is CC(C)N(CCC#N)C(=O)c1cc(Cl)ccc1N. The third-order valence-corrected chi connectivity index (χ3v) is 2.83. The van der Waals surface area contributed by atoms with Crippen molar-refractivity contribution >= 4 is 23.2 Å². The molecule has 0 radical (unpaired) electrons. The summed E-state index contributed by atoms with van der Waals surface area (Å²) in [6.45, 7) is 4.19. The molecule has 0 aliphatic rings. The molecule has 18 heavy (non-hydrogen) atoms. The Labute approximate surface area is 112 Å². The first kappa shape index (κ1) is 14.3. The fraction of sp³-hybridized carbons (Fsp3) is 0.385. The molecule has 4 nitrogen and oxygen atoms in total. The van der Waals surface area contributed by atoms with Gasteiger partial charge in [0.2, 0.25) is 0 Å². The second-order valence-electron chi connectivity index (χ2n) is 4.23. The van der Waals surface area contributed by atoms with E-state index in [9.17, 15) is 4.79 Å². The highest BCUT2D eigenvalue weighted by Crippen LogP contribution is 2.20. The van der Waals surface area contributed by atoms with Crippen molar-refractivity contribution < 1.29 is 4.79 Å². The molecule has 1 aromatic rings. The first-order valence-corrected chi connectivity index (χ1v) is 6.08. The van der Waals surface area contributed by atoms with Gasteiger partial charge in [0.1, 0.15) is 0 Å². The van der Waals surface area contributed by atoms with E-state index in [0.717, 1.165) is 0 Å². The number of hydrogen-bond acceptors (Lipinski definition) is 3. The molecule has 96 valence electrons. The van der Waals surface area contributed by atoms with E-state index in [-0.39, 0.29) is 11.9 Å². The van der Waals surface area contributed by atoms with E-state index in [2.05, 4.69) is 0 Å². The van der Waals surface area contributed by atoms with Gasteiger partial charge in [-0.25, -0.2) is 0 Å². The van der Waals surface area contributed by atoms with Crippen LogP contribution in [-0.2, 0) is 0 Å². The van der Waals surface area contributed by atoms with Crippen LogP contribution in [0.2, 0.25) is 5.02 Å². The maximum absolute atomic E-state index is 12.3. The second kappa shape index (κ2) is 6.27. The largest absolute Gasteiger partial charge is 0.398 e. The lowest BCUT2D eigenvalue weighted by atomic mass is 10.1. The van der Waals surface area contributed by atoms with Crippen LogP contribution in [0, 0.1) is 11.3 Å². The number of nitrogens with two attached hydrogens (primary N) is 1. The van der Waals surface area contributed by atoms with E-state index in [4.69, 9.17) is 22.6 Å². The van der Waals surface area contributed by atoms with E-state index >= 15 is 0 Å². The molecule has 0 saturated carbocycles. The fourth-order valence-corrected chi connectivity index (χ4v) is 1.81. The number of nitriles is 1. The average Bonchev–Trinajstić information content (AvgIpc) is 2.32. The number of nitrogens with zero attached hydrogens (tertiary/aromatic N) is 2. The van der Waals surface area contributed by atoms with Gasteiger partial charge in [-0.2, -0.15) is 5.26 Å². The van der Waals surface area contributed by atoms with Gasteiger partial charge in [-0.15, -0.1) is 0 Å². The Balaban J connectivity index is 3.02. The molecule has 0 saturated heterocycles. The van der Waals surface area contributed by atoms with Crippen LogP contribution in [0.3, 0.4) is 0 Å². The average molecular weight is 266 g/mol. The number of benzene rings is 1. The molecule has 0 heterocycles. The lowest BCUT2D eigenvalue weighted by Gasteiger charge is -2.26. The van der Waals surface area contributed by atoms with Gasteiger partial charge in [-0.3, -0.25) is 4.79 Å². The second-order valence-corrected chi connectivity index (χ2v) is 4.67. The van der Waals surface area contributed by atoms with Crippen molar-refractivity contribution in [1.82, 2.24) is 4.90 Å². The van der Waals surface area contributed by atoms with Gasteiger partial charge in [0.25, 0.3) is 5.91 Å². The molecule has 1 rings (SSSR count). The molecule has 0 aliphatic heterocycles.